The van der Waals surface area contributed by atoms with Crippen molar-refractivity contribution in [2.24, 2.45) is 5.84 Å². The van der Waals surface area contributed by atoms with Gasteiger partial charge in [0.15, 0.2) is 0 Å². The zero-order valence-electron chi connectivity index (χ0n) is 10.3. The summed E-state index contributed by atoms with van der Waals surface area (Å²) in [6.45, 7) is 0. The van der Waals surface area contributed by atoms with E-state index in [4.69, 9.17) is 17.4 Å². The van der Waals surface area contributed by atoms with Crippen LogP contribution in [0.3, 0.4) is 0 Å². The number of rotatable bonds is 4. The Bertz CT molecular complexity index is 622. The summed E-state index contributed by atoms with van der Waals surface area (Å²) >= 11 is 13.0. The van der Waals surface area contributed by atoms with E-state index in [1.165, 1.54) is 12.1 Å². The number of hydrogen-bond acceptors (Lipinski definition) is 2. The Morgan fingerprint density at radius 2 is 1.95 bits per heavy atom. The van der Waals surface area contributed by atoms with E-state index >= 15 is 0 Å². The summed E-state index contributed by atoms with van der Waals surface area (Å²) in [5, 5.41) is 0.615. The van der Waals surface area contributed by atoms with Gasteiger partial charge in [-0.15, -0.1) is 0 Å². The summed E-state index contributed by atoms with van der Waals surface area (Å²) in [5.41, 5.74) is 4.42. The molecule has 2 nitrogen and oxygen atoms in total. The molecule has 0 aromatic heterocycles. The molecular formula is C14H12Br2ClFN2. The van der Waals surface area contributed by atoms with Crippen molar-refractivity contribution in [3.05, 3.63) is 67.3 Å². The SMILES string of the molecule is NNC(Cc1cc(F)ccc1Br)c1cc(Br)ccc1Cl. The van der Waals surface area contributed by atoms with Gasteiger partial charge in [-0.05, 0) is 53.9 Å². The first-order chi connectivity index (χ1) is 9.51. The smallest absolute Gasteiger partial charge is 0.123 e. The van der Waals surface area contributed by atoms with E-state index in [-0.39, 0.29) is 11.9 Å². The van der Waals surface area contributed by atoms with Crippen molar-refractivity contribution in [3.63, 3.8) is 0 Å². The second kappa shape index (κ2) is 7.00. The van der Waals surface area contributed by atoms with Crippen LogP contribution >= 0.6 is 43.5 Å². The van der Waals surface area contributed by atoms with Gasteiger partial charge < -0.3 is 0 Å². The van der Waals surface area contributed by atoms with Gasteiger partial charge in [0.1, 0.15) is 5.82 Å². The molecule has 2 rings (SSSR count). The van der Waals surface area contributed by atoms with E-state index in [9.17, 15) is 4.39 Å². The third kappa shape index (κ3) is 3.80. The normalized spacial score (nSPS) is 12.4. The van der Waals surface area contributed by atoms with Crippen LogP contribution in [-0.2, 0) is 6.42 Å². The molecule has 0 aliphatic rings. The number of hydrogen-bond donors (Lipinski definition) is 2. The molecule has 3 N–H and O–H groups in total. The minimum Gasteiger partial charge on any atom is -0.271 e. The molecule has 2 aromatic rings. The lowest BCUT2D eigenvalue weighted by Gasteiger charge is -2.19. The van der Waals surface area contributed by atoms with E-state index in [0.29, 0.717) is 11.4 Å². The molecule has 20 heavy (non-hydrogen) atoms. The Morgan fingerprint density at radius 1 is 1.20 bits per heavy atom. The maximum atomic E-state index is 13.3. The zero-order chi connectivity index (χ0) is 14.7. The first-order valence-corrected chi connectivity index (χ1v) is 7.82. The highest BCUT2D eigenvalue weighted by atomic mass is 79.9. The average molecular weight is 423 g/mol. The van der Waals surface area contributed by atoms with E-state index in [2.05, 4.69) is 37.3 Å². The van der Waals surface area contributed by atoms with Gasteiger partial charge in [0.05, 0.1) is 6.04 Å². The molecule has 0 bridgehead atoms. The van der Waals surface area contributed by atoms with Crippen LogP contribution in [0.2, 0.25) is 5.02 Å². The van der Waals surface area contributed by atoms with Gasteiger partial charge in [0.25, 0.3) is 0 Å². The summed E-state index contributed by atoms with van der Waals surface area (Å²) in [6.07, 6.45) is 0.519. The van der Waals surface area contributed by atoms with Crippen LogP contribution in [0.1, 0.15) is 17.2 Å². The number of nitrogens with one attached hydrogen (secondary N) is 1. The molecule has 2 aromatic carbocycles. The van der Waals surface area contributed by atoms with Crippen LogP contribution in [0.15, 0.2) is 45.3 Å². The molecule has 0 aliphatic carbocycles. The lowest BCUT2D eigenvalue weighted by molar-refractivity contribution is 0.547. The maximum absolute atomic E-state index is 13.3. The lowest BCUT2D eigenvalue weighted by Crippen LogP contribution is -2.30. The molecule has 0 aliphatic heterocycles. The minimum absolute atomic E-state index is 0.210. The number of nitrogens with two attached hydrogens (primary N) is 1. The predicted molar refractivity (Wildman–Crippen MR) is 87.0 cm³/mol. The molecule has 0 saturated heterocycles. The Kier molecular flexibility index (Phi) is 5.57. The zero-order valence-corrected chi connectivity index (χ0v) is 14.3. The van der Waals surface area contributed by atoms with Crippen molar-refractivity contribution in [2.75, 3.05) is 0 Å². The van der Waals surface area contributed by atoms with E-state index in [0.717, 1.165) is 20.1 Å². The molecule has 6 heteroatoms. The third-order valence-electron chi connectivity index (χ3n) is 2.97. The van der Waals surface area contributed by atoms with Crippen molar-refractivity contribution >= 4 is 43.5 Å². The fourth-order valence-electron chi connectivity index (χ4n) is 1.96. The first kappa shape index (κ1) is 15.9. The van der Waals surface area contributed by atoms with Gasteiger partial charge >= 0.3 is 0 Å². The van der Waals surface area contributed by atoms with Crippen LogP contribution < -0.4 is 11.3 Å². The third-order valence-corrected chi connectivity index (χ3v) is 4.58. The van der Waals surface area contributed by atoms with Crippen molar-refractivity contribution in [2.45, 2.75) is 12.5 Å². The van der Waals surface area contributed by atoms with Crippen LogP contribution in [0.5, 0.6) is 0 Å². The summed E-state index contributed by atoms with van der Waals surface area (Å²) in [5.74, 6) is 5.35. The van der Waals surface area contributed by atoms with Gasteiger partial charge in [0.2, 0.25) is 0 Å². The molecule has 106 valence electrons. The summed E-state index contributed by atoms with van der Waals surface area (Å²) in [7, 11) is 0. The maximum Gasteiger partial charge on any atom is 0.123 e. The van der Waals surface area contributed by atoms with Gasteiger partial charge in [-0.3, -0.25) is 11.3 Å². The molecule has 0 amide bonds. The Labute approximate surface area is 138 Å². The van der Waals surface area contributed by atoms with E-state index < -0.39 is 0 Å². The first-order valence-electron chi connectivity index (χ1n) is 5.86. The average Bonchev–Trinajstić information content (AvgIpc) is 2.42. The molecule has 1 unspecified atom stereocenters. The number of hydrazine groups is 1. The highest BCUT2D eigenvalue weighted by molar-refractivity contribution is 9.10. The van der Waals surface area contributed by atoms with Crippen LogP contribution in [-0.4, -0.2) is 0 Å². The van der Waals surface area contributed by atoms with Crippen LogP contribution in [0.25, 0.3) is 0 Å². The predicted octanol–water partition coefficient (Wildman–Crippen LogP) is 4.75. The fraction of sp³-hybridized carbons (Fsp3) is 0.143. The summed E-state index contributed by atoms with van der Waals surface area (Å²) in [4.78, 5) is 0. The molecule has 0 spiro atoms. The molecule has 1 atom stereocenters. The molecule has 0 saturated carbocycles. The molecule has 0 radical (unpaired) electrons. The number of halogens is 4. The van der Waals surface area contributed by atoms with E-state index in [1.807, 2.05) is 12.1 Å². The standard InChI is InChI=1S/C14H12Br2ClFN2/c15-9-1-4-13(17)11(7-9)14(20-19)6-8-5-10(18)2-3-12(8)16/h1-5,7,14,20H,6,19H2. The second-order valence-corrected chi connectivity index (χ2v) is 6.50. The Balaban J connectivity index is 2.33. The van der Waals surface area contributed by atoms with E-state index in [1.54, 1.807) is 12.1 Å². The van der Waals surface area contributed by atoms with Crippen molar-refractivity contribution in [3.8, 4) is 0 Å². The Hall–Kier alpha value is -0.460. The van der Waals surface area contributed by atoms with Crippen LogP contribution in [0.4, 0.5) is 4.39 Å². The van der Waals surface area contributed by atoms with Crippen molar-refractivity contribution in [1.82, 2.24) is 5.43 Å². The van der Waals surface area contributed by atoms with Gasteiger partial charge in [-0.1, -0.05) is 43.5 Å². The topological polar surface area (TPSA) is 38.0 Å². The van der Waals surface area contributed by atoms with Crippen LogP contribution in [0, 0.1) is 5.82 Å². The minimum atomic E-state index is -0.278. The number of benzene rings is 2. The summed E-state index contributed by atoms with van der Waals surface area (Å²) in [6, 6.07) is 9.92. The fourth-order valence-corrected chi connectivity index (χ4v) is 3.00. The Morgan fingerprint density at radius 3 is 2.65 bits per heavy atom. The lowest BCUT2D eigenvalue weighted by atomic mass is 9.99. The van der Waals surface area contributed by atoms with Gasteiger partial charge in [0, 0.05) is 14.0 Å². The molecule has 0 fully saturated rings. The van der Waals surface area contributed by atoms with Gasteiger partial charge in [-0.25, -0.2) is 4.39 Å². The quantitative estimate of drug-likeness (QED) is 0.551. The van der Waals surface area contributed by atoms with Crippen molar-refractivity contribution < 1.29 is 4.39 Å². The monoisotopic (exact) mass is 420 g/mol. The van der Waals surface area contributed by atoms with Crippen molar-refractivity contribution in [1.29, 1.82) is 0 Å². The largest absolute Gasteiger partial charge is 0.271 e. The van der Waals surface area contributed by atoms with Gasteiger partial charge in [-0.2, -0.15) is 0 Å². The molecule has 0 heterocycles. The molecular weight excluding hydrogens is 410 g/mol. The second-order valence-electron chi connectivity index (χ2n) is 4.32. The summed E-state index contributed by atoms with van der Waals surface area (Å²) < 4.78 is 15.1. The highest BCUT2D eigenvalue weighted by Crippen LogP contribution is 2.30. The highest BCUT2D eigenvalue weighted by Gasteiger charge is 2.16.